The third-order valence-electron chi connectivity index (χ3n) is 2.98. The molecular formula is C13H30O6P2. The van der Waals surface area contributed by atoms with Gasteiger partial charge in [0.15, 0.2) is 5.40 Å². The van der Waals surface area contributed by atoms with Crippen LogP contribution in [0.3, 0.4) is 0 Å². The van der Waals surface area contributed by atoms with Gasteiger partial charge in [-0.1, -0.05) is 26.2 Å². The lowest BCUT2D eigenvalue weighted by Crippen LogP contribution is -2.17. The number of rotatable bonds is 13. The van der Waals surface area contributed by atoms with E-state index in [2.05, 4.69) is 6.92 Å². The molecule has 0 aliphatic rings. The Morgan fingerprint density at radius 3 is 1.67 bits per heavy atom. The van der Waals surface area contributed by atoms with E-state index in [1.165, 1.54) is 7.11 Å². The summed E-state index contributed by atoms with van der Waals surface area (Å²) in [7, 11) is -5.78. The van der Waals surface area contributed by atoms with Crippen LogP contribution in [-0.2, 0) is 27.2 Å². The van der Waals surface area contributed by atoms with Gasteiger partial charge >= 0.3 is 15.2 Å². The Hall–Kier alpha value is 0.300. The van der Waals surface area contributed by atoms with Gasteiger partial charge in [0, 0.05) is 7.11 Å². The highest BCUT2D eigenvalue weighted by atomic mass is 31.2. The molecule has 0 spiro atoms. The highest BCUT2D eigenvalue weighted by Gasteiger charge is 2.49. The maximum Gasteiger partial charge on any atom is 0.345 e. The van der Waals surface area contributed by atoms with Gasteiger partial charge in [-0.2, -0.15) is 0 Å². The van der Waals surface area contributed by atoms with E-state index in [0.717, 1.165) is 19.3 Å². The van der Waals surface area contributed by atoms with Crippen molar-refractivity contribution in [2.75, 3.05) is 26.9 Å². The minimum Gasteiger partial charge on any atom is -0.311 e. The zero-order chi connectivity index (χ0) is 16.4. The molecule has 8 heteroatoms. The van der Waals surface area contributed by atoms with E-state index >= 15 is 0 Å². The van der Waals surface area contributed by atoms with Crippen molar-refractivity contribution >= 4 is 15.2 Å². The smallest absolute Gasteiger partial charge is 0.311 e. The van der Waals surface area contributed by atoms with Crippen molar-refractivity contribution in [2.24, 2.45) is 0 Å². The van der Waals surface area contributed by atoms with Crippen LogP contribution in [0.2, 0.25) is 0 Å². The molecule has 0 aromatic carbocycles. The van der Waals surface area contributed by atoms with Crippen molar-refractivity contribution in [2.45, 2.75) is 58.8 Å². The lowest BCUT2D eigenvalue weighted by atomic mass is 10.2. The van der Waals surface area contributed by atoms with Gasteiger partial charge < -0.3 is 18.1 Å². The molecule has 0 rings (SSSR count). The lowest BCUT2D eigenvalue weighted by molar-refractivity contribution is 0.202. The second-order valence-electron chi connectivity index (χ2n) is 4.49. The Bertz CT molecular complexity index is 351. The van der Waals surface area contributed by atoms with Gasteiger partial charge in [-0.25, -0.2) is 0 Å². The first-order valence-corrected chi connectivity index (χ1v) is 10.8. The first-order chi connectivity index (χ1) is 9.94. The maximum absolute atomic E-state index is 13.0. The molecule has 0 aliphatic carbocycles. The van der Waals surface area contributed by atoms with E-state index < -0.39 is 20.6 Å². The van der Waals surface area contributed by atoms with Crippen molar-refractivity contribution in [1.82, 2.24) is 0 Å². The number of hydrogen-bond acceptors (Lipinski definition) is 6. The first kappa shape index (κ1) is 21.3. The molecule has 2 unspecified atom stereocenters. The fraction of sp³-hybridized carbons (Fsp3) is 1.00. The van der Waals surface area contributed by atoms with Gasteiger partial charge in [0.25, 0.3) is 0 Å². The van der Waals surface area contributed by atoms with Crippen molar-refractivity contribution in [3.63, 3.8) is 0 Å². The zero-order valence-corrected chi connectivity index (χ0v) is 15.7. The molecule has 0 radical (unpaired) electrons. The van der Waals surface area contributed by atoms with Gasteiger partial charge in [-0.05, 0) is 27.2 Å². The highest BCUT2D eigenvalue weighted by Crippen LogP contribution is 2.71. The monoisotopic (exact) mass is 344 g/mol. The van der Waals surface area contributed by atoms with E-state index in [1.807, 2.05) is 0 Å². The standard InChI is InChI=1S/C13H30O6P2/c1-6-10-11-12-13(20(14,16-5)17-7-2)21(15,18-8-3)19-9-4/h13H,6-12H2,1-5H3. The normalized spacial score (nSPS) is 16.6. The van der Waals surface area contributed by atoms with Crippen molar-refractivity contribution in [1.29, 1.82) is 0 Å². The summed E-state index contributed by atoms with van der Waals surface area (Å²) in [4.78, 5) is 0. The molecule has 0 N–H and O–H groups in total. The van der Waals surface area contributed by atoms with Crippen LogP contribution in [0, 0.1) is 0 Å². The SMILES string of the molecule is CCCCCC(P(=O)(OC)OCC)P(=O)(OCC)OCC. The van der Waals surface area contributed by atoms with Crippen molar-refractivity contribution in [3.05, 3.63) is 0 Å². The number of hydrogen-bond donors (Lipinski definition) is 0. The fourth-order valence-electron chi connectivity index (χ4n) is 2.08. The molecular weight excluding hydrogens is 314 g/mol. The van der Waals surface area contributed by atoms with E-state index in [9.17, 15) is 9.13 Å². The maximum atomic E-state index is 13.0. The third kappa shape index (κ3) is 6.52. The summed E-state index contributed by atoms with van der Waals surface area (Å²) in [5.41, 5.74) is 0. The fourth-order valence-corrected chi connectivity index (χ4v) is 7.36. The van der Waals surface area contributed by atoms with E-state index in [0.29, 0.717) is 6.42 Å². The molecule has 6 nitrogen and oxygen atoms in total. The Kier molecular flexibility index (Phi) is 11.1. The molecule has 2 atom stereocenters. The zero-order valence-electron chi connectivity index (χ0n) is 13.9. The molecule has 0 aromatic heterocycles. The average Bonchev–Trinajstić information content (AvgIpc) is 2.44. The molecule has 0 saturated heterocycles. The van der Waals surface area contributed by atoms with E-state index in [1.54, 1.807) is 20.8 Å². The summed E-state index contributed by atoms with van der Waals surface area (Å²) in [6.07, 6.45) is 3.15. The van der Waals surface area contributed by atoms with Crippen LogP contribution in [0.25, 0.3) is 0 Å². The lowest BCUT2D eigenvalue weighted by Gasteiger charge is -2.30. The minimum atomic E-state index is -3.55. The highest BCUT2D eigenvalue weighted by molar-refractivity contribution is 7.72. The van der Waals surface area contributed by atoms with Crippen LogP contribution in [-0.4, -0.2) is 32.3 Å². The molecule has 128 valence electrons. The molecule has 0 heterocycles. The molecule has 21 heavy (non-hydrogen) atoms. The molecule has 0 saturated carbocycles. The van der Waals surface area contributed by atoms with Crippen LogP contribution in [0.5, 0.6) is 0 Å². The quantitative estimate of drug-likeness (QED) is 0.344. The predicted octanol–water partition coefficient (Wildman–Crippen LogP) is 5.03. The minimum absolute atomic E-state index is 0.216. The van der Waals surface area contributed by atoms with Gasteiger partial charge in [0.2, 0.25) is 0 Å². The second kappa shape index (κ2) is 10.9. The number of unbranched alkanes of at least 4 members (excludes halogenated alkanes) is 2. The van der Waals surface area contributed by atoms with Gasteiger partial charge in [0.1, 0.15) is 0 Å². The largest absolute Gasteiger partial charge is 0.345 e. The third-order valence-corrected chi connectivity index (χ3v) is 9.01. The Balaban J connectivity index is 5.43. The van der Waals surface area contributed by atoms with Crippen molar-refractivity contribution in [3.8, 4) is 0 Å². The van der Waals surface area contributed by atoms with Gasteiger partial charge in [0.05, 0.1) is 19.8 Å². The van der Waals surface area contributed by atoms with Gasteiger partial charge in [-0.15, -0.1) is 0 Å². The summed E-state index contributed by atoms with van der Waals surface area (Å²) in [6.45, 7) is 7.90. The predicted molar refractivity (Wildman–Crippen MR) is 85.0 cm³/mol. The Labute approximate surface area is 128 Å². The van der Waals surface area contributed by atoms with E-state index in [-0.39, 0.29) is 19.8 Å². The summed E-state index contributed by atoms with van der Waals surface area (Å²) in [6, 6.07) is 0. The summed E-state index contributed by atoms with van der Waals surface area (Å²) >= 11 is 0. The van der Waals surface area contributed by atoms with Crippen LogP contribution in [0.4, 0.5) is 0 Å². The molecule has 0 aliphatic heterocycles. The molecule has 0 amide bonds. The van der Waals surface area contributed by atoms with Crippen LogP contribution >= 0.6 is 15.2 Å². The Morgan fingerprint density at radius 2 is 1.29 bits per heavy atom. The molecule has 0 bridgehead atoms. The van der Waals surface area contributed by atoms with Crippen LogP contribution in [0.15, 0.2) is 0 Å². The second-order valence-corrected chi connectivity index (χ2v) is 9.45. The molecule has 0 aromatic rings. The Morgan fingerprint density at radius 1 is 0.810 bits per heavy atom. The van der Waals surface area contributed by atoms with E-state index in [4.69, 9.17) is 18.1 Å². The summed E-state index contributed by atoms with van der Waals surface area (Å²) in [5.74, 6) is 0. The average molecular weight is 344 g/mol. The molecule has 0 fully saturated rings. The summed E-state index contributed by atoms with van der Waals surface area (Å²) < 4.78 is 47.0. The van der Waals surface area contributed by atoms with Gasteiger partial charge in [-0.3, -0.25) is 9.13 Å². The van der Waals surface area contributed by atoms with Crippen molar-refractivity contribution < 1.29 is 27.2 Å². The first-order valence-electron chi connectivity index (χ1n) is 7.62. The van der Waals surface area contributed by atoms with Crippen LogP contribution in [0.1, 0.15) is 53.4 Å². The topological polar surface area (TPSA) is 71.1 Å². The summed E-state index contributed by atoms with van der Waals surface area (Å²) in [5, 5.41) is -0.874. The van der Waals surface area contributed by atoms with Crippen LogP contribution < -0.4 is 0 Å².